The summed E-state index contributed by atoms with van der Waals surface area (Å²) in [5.74, 6) is 0. The van der Waals surface area contributed by atoms with Gasteiger partial charge >= 0.3 is 36.9 Å². The molecule has 0 amide bonds. The molecule has 0 bridgehead atoms. The van der Waals surface area contributed by atoms with Crippen LogP contribution < -0.4 is 29.6 Å². The Morgan fingerprint density at radius 3 is 2.29 bits per heavy atom. The molecule has 2 rings (SSSR count). The van der Waals surface area contributed by atoms with Crippen LogP contribution in [0.15, 0.2) is 30.3 Å². The Bertz CT molecular complexity index is 333. The Morgan fingerprint density at radius 2 is 1.71 bits per heavy atom. The summed E-state index contributed by atoms with van der Waals surface area (Å²) in [6.45, 7) is 0. The van der Waals surface area contributed by atoms with Gasteiger partial charge in [-0.05, 0) is 0 Å². The van der Waals surface area contributed by atoms with Gasteiger partial charge in [0.25, 0.3) is 0 Å². The minimum atomic E-state index is -2.17. The number of hydrogen-bond acceptors (Lipinski definition) is 4. The van der Waals surface area contributed by atoms with Crippen molar-refractivity contribution in [2.24, 2.45) is 0 Å². The monoisotopic (exact) mass is 218 g/mol. The van der Waals surface area contributed by atoms with Crippen molar-refractivity contribution < 1.29 is 44.6 Å². The molecule has 3 N–H and O–H groups in total. The number of benzene rings is 1. The summed E-state index contributed by atoms with van der Waals surface area (Å²) in [5.41, 5.74) is 0. The van der Waals surface area contributed by atoms with Crippen LogP contribution in [0.25, 0.3) is 10.1 Å². The molecule has 0 atom stereocenters. The third-order valence-corrected chi connectivity index (χ3v) is 2.13. The van der Waals surface area contributed by atoms with Crippen LogP contribution >= 0.6 is 11.3 Å². The standard InChI is InChI=1S/C8H5S.BH3O3.Na/c1-2-4-8-7(3-1)5-6-9-8;2-1(3)4;/h1-5H;2-4H;/q-1;;+1. The van der Waals surface area contributed by atoms with Crippen LogP contribution in [0.1, 0.15) is 0 Å². The summed E-state index contributed by atoms with van der Waals surface area (Å²) in [7, 11) is -2.17. The fourth-order valence-electron chi connectivity index (χ4n) is 0.849. The molecular formula is C8H8BNaO3S. The van der Waals surface area contributed by atoms with Crippen LogP contribution in [0.4, 0.5) is 0 Å². The van der Waals surface area contributed by atoms with Crippen molar-refractivity contribution >= 4 is 28.7 Å². The van der Waals surface area contributed by atoms with Gasteiger partial charge in [0, 0.05) is 0 Å². The van der Waals surface area contributed by atoms with Gasteiger partial charge < -0.3 is 15.1 Å². The summed E-state index contributed by atoms with van der Waals surface area (Å²) < 4.78 is 1.32. The molecule has 0 saturated heterocycles. The Morgan fingerprint density at radius 1 is 1.14 bits per heavy atom. The first-order valence-corrected chi connectivity index (χ1v) is 4.40. The van der Waals surface area contributed by atoms with Gasteiger partial charge in [-0.15, -0.1) is 22.2 Å². The molecule has 14 heavy (non-hydrogen) atoms. The zero-order chi connectivity index (χ0) is 9.68. The molecule has 0 aliphatic rings. The molecule has 3 nitrogen and oxygen atoms in total. The van der Waals surface area contributed by atoms with Gasteiger partial charge in [0.15, 0.2) is 0 Å². The maximum Gasteiger partial charge on any atom is 1.00 e. The van der Waals surface area contributed by atoms with E-state index < -0.39 is 7.32 Å². The maximum atomic E-state index is 7.17. The smallest absolute Gasteiger partial charge is 0.402 e. The first-order valence-electron chi connectivity index (χ1n) is 3.59. The van der Waals surface area contributed by atoms with Crippen molar-refractivity contribution in [3.63, 3.8) is 0 Å². The van der Waals surface area contributed by atoms with Crippen molar-refractivity contribution in [1.29, 1.82) is 0 Å². The molecule has 0 fully saturated rings. The molecule has 1 aromatic carbocycles. The average Bonchev–Trinajstić information content (AvgIpc) is 2.49. The molecule has 2 aromatic rings. The molecule has 68 valence electrons. The minimum Gasteiger partial charge on any atom is -0.402 e. The van der Waals surface area contributed by atoms with Crippen LogP contribution in [0.5, 0.6) is 0 Å². The summed E-state index contributed by atoms with van der Waals surface area (Å²) in [4.78, 5) is 0. The van der Waals surface area contributed by atoms with E-state index >= 15 is 0 Å². The van der Waals surface area contributed by atoms with Crippen LogP contribution in [0.2, 0.25) is 0 Å². The Balaban J connectivity index is 0.000000299. The zero-order valence-corrected chi connectivity index (χ0v) is 10.5. The summed E-state index contributed by atoms with van der Waals surface area (Å²) >= 11 is 1.66. The Kier molecular flexibility index (Phi) is 7.49. The second kappa shape index (κ2) is 7.42. The topological polar surface area (TPSA) is 60.7 Å². The largest absolute Gasteiger partial charge is 1.00 e. The van der Waals surface area contributed by atoms with E-state index in [1.54, 1.807) is 11.3 Å². The predicted octanol–water partition coefficient (Wildman–Crippen LogP) is -2.35. The zero-order valence-electron chi connectivity index (χ0n) is 7.71. The first-order chi connectivity index (χ1) is 6.20. The fraction of sp³-hybridized carbons (Fsp3) is 0. The molecule has 1 heterocycles. The van der Waals surface area contributed by atoms with Crippen molar-refractivity contribution in [2.75, 3.05) is 0 Å². The number of rotatable bonds is 0. The van der Waals surface area contributed by atoms with E-state index in [9.17, 15) is 0 Å². The summed E-state index contributed by atoms with van der Waals surface area (Å²) in [5, 5.41) is 25.9. The quantitative estimate of drug-likeness (QED) is 0.343. The van der Waals surface area contributed by atoms with Gasteiger partial charge in [-0.2, -0.15) is 11.5 Å². The molecule has 0 aliphatic carbocycles. The fourth-order valence-corrected chi connectivity index (χ4v) is 1.55. The normalized spacial score (nSPS) is 8.50. The molecule has 6 heteroatoms. The Hall–Kier alpha value is 0.125. The second-order valence-electron chi connectivity index (χ2n) is 2.25. The third-order valence-electron chi connectivity index (χ3n) is 1.30. The van der Waals surface area contributed by atoms with Crippen LogP contribution in [0, 0.1) is 5.38 Å². The summed E-state index contributed by atoms with van der Waals surface area (Å²) in [6.07, 6.45) is 0. The molecule has 0 spiro atoms. The molecule has 1 aromatic heterocycles. The van der Waals surface area contributed by atoms with E-state index in [0.29, 0.717) is 0 Å². The van der Waals surface area contributed by atoms with Gasteiger partial charge in [-0.3, -0.25) is 11.3 Å². The molecule has 0 radical (unpaired) electrons. The second-order valence-corrected chi connectivity index (χ2v) is 3.13. The SMILES string of the molecule is OB(O)O.[Na+].[c-]1cc2ccccc2s1. The third kappa shape index (κ3) is 5.12. The van der Waals surface area contributed by atoms with E-state index in [1.165, 1.54) is 10.1 Å². The number of hydrogen-bond donors (Lipinski definition) is 3. The van der Waals surface area contributed by atoms with Gasteiger partial charge in [-0.25, -0.2) is 0 Å². The van der Waals surface area contributed by atoms with Crippen molar-refractivity contribution in [3.05, 3.63) is 35.7 Å². The molecular weight excluding hydrogens is 210 g/mol. The number of fused-ring (bicyclic) bond motifs is 1. The molecule has 0 saturated carbocycles. The van der Waals surface area contributed by atoms with E-state index in [1.807, 2.05) is 18.2 Å². The maximum absolute atomic E-state index is 7.17. The van der Waals surface area contributed by atoms with Gasteiger partial charge in [0.05, 0.1) is 0 Å². The average molecular weight is 218 g/mol. The van der Waals surface area contributed by atoms with Gasteiger partial charge in [0.1, 0.15) is 0 Å². The summed E-state index contributed by atoms with van der Waals surface area (Å²) in [6, 6.07) is 10.3. The number of thiophene rings is 1. The van der Waals surface area contributed by atoms with E-state index in [2.05, 4.69) is 17.5 Å². The van der Waals surface area contributed by atoms with Gasteiger partial charge in [0.2, 0.25) is 0 Å². The van der Waals surface area contributed by atoms with Crippen LogP contribution in [0.3, 0.4) is 0 Å². The van der Waals surface area contributed by atoms with E-state index in [0.717, 1.165) is 0 Å². The van der Waals surface area contributed by atoms with Crippen LogP contribution in [-0.4, -0.2) is 22.4 Å². The van der Waals surface area contributed by atoms with E-state index in [-0.39, 0.29) is 29.6 Å². The van der Waals surface area contributed by atoms with E-state index in [4.69, 9.17) is 15.1 Å². The molecule has 0 aliphatic heterocycles. The first kappa shape index (κ1) is 14.1. The van der Waals surface area contributed by atoms with Crippen molar-refractivity contribution in [2.45, 2.75) is 0 Å². The van der Waals surface area contributed by atoms with Gasteiger partial charge in [-0.1, -0.05) is 12.1 Å². The minimum absolute atomic E-state index is 0. The van der Waals surface area contributed by atoms with Crippen molar-refractivity contribution in [3.8, 4) is 0 Å². The van der Waals surface area contributed by atoms with Crippen molar-refractivity contribution in [1.82, 2.24) is 0 Å². The Labute approximate surface area is 108 Å². The predicted molar refractivity (Wildman–Crippen MR) is 53.1 cm³/mol. The molecule has 0 unspecified atom stereocenters. The van der Waals surface area contributed by atoms with Crippen LogP contribution in [-0.2, 0) is 0 Å².